The summed E-state index contributed by atoms with van der Waals surface area (Å²) in [7, 11) is 0. The number of carbonyl (C=O) groups excluding carboxylic acids is 1. The van der Waals surface area contributed by atoms with Gasteiger partial charge in [-0.05, 0) is 44.5 Å². The second kappa shape index (κ2) is 4.82. The summed E-state index contributed by atoms with van der Waals surface area (Å²) in [5.74, 6) is 0.145. The fourth-order valence-corrected chi connectivity index (χ4v) is 2.98. The van der Waals surface area contributed by atoms with E-state index in [4.69, 9.17) is 0 Å². The summed E-state index contributed by atoms with van der Waals surface area (Å²) in [4.78, 5) is 14.8. The smallest absolute Gasteiger partial charge is 0.254 e. The summed E-state index contributed by atoms with van der Waals surface area (Å²) >= 11 is 0. The maximum atomic E-state index is 12.8. The third kappa shape index (κ3) is 2.03. The molecule has 1 atom stereocenters. The van der Waals surface area contributed by atoms with Crippen molar-refractivity contribution in [2.24, 2.45) is 0 Å². The number of nitrogens with zero attached hydrogens (tertiary/aromatic N) is 2. The molecule has 1 amide bonds. The van der Waals surface area contributed by atoms with Crippen LogP contribution in [-0.2, 0) is 6.54 Å². The van der Waals surface area contributed by atoms with Gasteiger partial charge in [0.05, 0.1) is 6.04 Å². The summed E-state index contributed by atoms with van der Waals surface area (Å²) in [5, 5.41) is 0. The molecule has 2 aromatic rings. The van der Waals surface area contributed by atoms with Crippen LogP contribution in [0.4, 0.5) is 0 Å². The molecule has 0 aliphatic carbocycles. The number of aromatic nitrogens is 1. The van der Waals surface area contributed by atoms with Crippen molar-refractivity contribution in [2.75, 3.05) is 6.54 Å². The minimum atomic E-state index is 0.131. The van der Waals surface area contributed by atoms with E-state index in [-0.39, 0.29) is 11.9 Å². The Kier molecular flexibility index (Phi) is 3.13. The molecule has 104 valence electrons. The monoisotopic (exact) mass is 268 g/mol. The molecular weight excluding hydrogens is 248 g/mol. The Labute approximate surface area is 119 Å². The van der Waals surface area contributed by atoms with Gasteiger partial charge in [-0.3, -0.25) is 4.79 Å². The van der Waals surface area contributed by atoms with Crippen LogP contribution in [-0.4, -0.2) is 21.9 Å². The van der Waals surface area contributed by atoms with E-state index in [0.29, 0.717) is 0 Å². The molecule has 0 radical (unpaired) electrons. The first kappa shape index (κ1) is 13.0. The van der Waals surface area contributed by atoms with Gasteiger partial charge < -0.3 is 9.47 Å². The van der Waals surface area contributed by atoms with Gasteiger partial charge in [-0.2, -0.15) is 0 Å². The third-order valence-electron chi connectivity index (χ3n) is 4.23. The molecule has 2 heterocycles. The zero-order chi connectivity index (χ0) is 14.3. The largest absolute Gasteiger partial charge is 0.348 e. The molecule has 3 nitrogen and oxygen atoms in total. The Bertz CT molecular complexity index is 657. The van der Waals surface area contributed by atoms with Crippen molar-refractivity contribution in [1.29, 1.82) is 0 Å². The zero-order valence-corrected chi connectivity index (χ0v) is 12.3. The maximum Gasteiger partial charge on any atom is 0.254 e. The minimum absolute atomic E-state index is 0.131. The number of hydrogen-bond donors (Lipinski definition) is 0. The molecule has 0 saturated heterocycles. The number of hydrogen-bond acceptors (Lipinski definition) is 1. The molecule has 1 aliphatic heterocycles. The lowest BCUT2D eigenvalue weighted by Gasteiger charge is -2.35. The van der Waals surface area contributed by atoms with Crippen LogP contribution >= 0.6 is 0 Å². The average molecular weight is 268 g/mol. The van der Waals surface area contributed by atoms with Gasteiger partial charge in [0, 0.05) is 30.5 Å². The lowest BCUT2D eigenvalue weighted by atomic mass is 10.0. The van der Waals surface area contributed by atoms with Crippen LogP contribution in [0.5, 0.6) is 0 Å². The van der Waals surface area contributed by atoms with E-state index in [1.54, 1.807) is 0 Å². The maximum absolute atomic E-state index is 12.8. The zero-order valence-electron chi connectivity index (χ0n) is 12.3. The number of amides is 1. The lowest BCUT2D eigenvalue weighted by molar-refractivity contribution is 0.0643. The summed E-state index contributed by atoms with van der Waals surface area (Å²) in [6.45, 7) is 7.79. The molecule has 1 aromatic carbocycles. The van der Waals surface area contributed by atoms with Crippen molar-refractivity contribution >= 4 is 5.91 Å². The van der Waals surface area contributed by atoms with Gasteiger partial charge in [0.2, 0.25) is 0 Å². The molecule has 0 N–H and O–H groups in total. The number of benzene rings is 1. The van der Waals surface area contributed by atoms with Gasteiger partial charge in [-0.25, -0.2) is 0 Å². The Hall–Kier alpha value is -2.03. The van der Waals surface area contributed by atoms with Gasteiger partial charge in [0.15, 0.2) is 0 Å². The van der Waals surface area contributed by atoms with Crippen molar-refractivity contribution in [3.05, 3.63) is 58.9 Å². The lowest BCUT2D eigenvalue weighted by Crippen LogP contribution is -2.41. The second-order valence-electron chi connectivity index (χ2n) is 5.62. The number of fused-ring (bicyclic) bond motifs is 1. The molecule has 3 heteroatoms. The standard InChI is InChI=1S/C17H20N2O/c1-12-6-7-13(2)15(11-12)17(20)19-10-9-18-8-4-5-16(18)14(19)3/h4-8,11,14H,9-10H2,1-3H3. The van der Waals surface area contributed by atoms with Gasteiger partial charge >= 0.3 is 0 Å². The molecule has 3 rings (SSSR count). The van der Waals surface area contributed by atoms with E-state index >= 15 is 0 Å². The van der Waals surface area contributed by atoms with Crippen LogP contribution in [0.15, 0.2) is 36.5 Å². The predicted molar refractivity (Wildman–Crippen MR) is 79.8 cm³/mol. The summed E-state index contributed by atoms with van der Waals surface area (Å²) in [6, 6.07) is 10.4. The van der Waals surface area contributed by atoms with Crippen LogP contribution < -0.4 is 0 Å². The minimum Gasteiger partial charge on any atom is -0.348 e. The molecule has 0 saturated carbocycles. The highest BCUT2D eigenvalue weighted by Crippen LogP contribution is 2.27. The molecule has 1 aliphatic rings. The van der Waals surface area contributed by atoms with Gasteiger partial charge in [-0.1, -0.05) is 17.7 Å². The summed E-state index contributed by atoms with van der Waals surface area (Å²) < 4.78 is 2.23. The van der Waals surface area contributed by atoms with Gasteiger partial charge in [-0.15, -0.1) is 0 Å². The van der Waals surface area contributed by atoms with E-state index < -0.39 is 0 Å². The highest BCUT2D eigenvalue weighted by atomic mass is 16.2. The van der Waals surface area contributed by atoms with Crippen molar-refractivity contribution in [3.8, 4) is 0 Å². The molecule has 0 bridgehead atoms. The number of carbonyl (C=O) groups is 1. The summed E-state index contributed by atoms with van der Waals surface area (Å²) in [5.41, 5.74) is 4.23. The van der Waals surface area contributed by atoms with Crippen LogP contribution in [0, 0.1) is 13.8 Å². The van der Waals surface area contributed by atoms with Gasteiger partial charge in [0.25, 0.3) is 5.91 Å². The fourth-order valence-electron chi connectivity index (χ4n) is 2.98. The van der Waals surface area contributed by atoms with Crippen molar-refractivity contribution in [2.45, 2.75) is 33.4 Å². The summed E-state index contributed by atoms with van der Waals surface area (Å²) in [6.07, 6.45) is 2.09. The van der Waals surface area contributed by atoms with E-state index in [9.17, 15) is 4.79 Å². The van der Waals surface area contributed by atoms with Crippen LogP contribution in [0.1, 0.15) is 40.1 Å². The topological polar surface area (TPSA) is 25.2 Å². The van der Waals surface area contributed by atoms with E-state index in [2.05, 4.69) is 35.9 Å². The normalized spacial score (nSPS) is 17.9. The van der Waals surface area contributed by atoms with Crippen molar-refractivity contribution < 1.29 is 4.79 Å². The number of aryl methyl sites for hydroxylation is 2. The van der Waals surface area contributed by atoms with E-state index in [1.807, 2.05) is 30.9 Å². The second-order valence-corrected chi connectivity index (χ2v) is 5.62. The molecule has 1 aromatic heterocycles. The Morgan fingerprint density at radius 3 is 2.80 bits per heavy atom. The van der Waals surface area contributed by atoms with Crippen molar-refractivity contribution in [3.63, 3.8) is 0 Å². The SMILES string of the molecule is Cc1ccc(C)c(C(=O)N2CCn3cccc3C2C)c1. The first-order chi connectivity index (χ1) is 9.58. The Balaban J connectivity index is 1.94. The predicted octanol–water partition coefficient (Wildman–Crippen LogP) is 3.32. The third-order valence-corrected chi connectivity index (χ3v) is 4.23. The molecule has 20 heavy (non-hydrogen) atoms. The molecule has 0 fully saturated rings. The van der Waals surface area contributed by atoms with Crippen LogP contribution in [0.3, 0.4) is 0 Å². The van der Waals surface area contributed by atoms with Crippen LogP contribution in [0.25, 0.3) is 0 Å². The van der Waals surface area contributed by atoms with Crippen molar-refractivity contribution in [1.82, 2.24) is 9.47 Å². The molecule has 0 spiro atoms. The van der Waals surface area contributed by atoms with E-state index in [0.717, 1.165) is 29.8 Å². The highest BCUT2D eigenvalue weighted by Gasteiger charge is 2.28. The molecular formula is C17H20N2O. The first-order valence-electron chi connectivity index (χ1n) is 7.11. The number of rotatable bonds is 1. The average Bonchev–Trinajstić information content (AvgIpc) is 2.90. The van der Waals surface area contributed by atoms with Crippen LogP contribution in [0.2, 0.25) is 0 Å². The molecule has 1 unspecified atom stereocenters. The van der Waals surface area contributed by atoms with Gasteiger partial charge in [0.1, 0.15) is 0 Å². The Morgan fingerprint density at radius 1 is 1.20 bits per heavy atom. The van der Waals surface area contributed by atoms with E-state index in [1.165, 1.54) is 5.69 Å². The quantitative estimate of drug-likeness (QED) is 0.779. The fraction of sp³-hybridized carbons (Fsp3) is 0.353. The Morgan fingerprint density at radius 2 is 2.00 bits per heavy atom. The highest BCUT2D eigenvalue weighted by molar-refractivity contribution is 5.96. The first-order valence-corrected chi connectivity index (χ1v) is 7.11.